The third-order valence-corrected chi connectivity index (χ3v) is 3.25. The summed E-state index contributed by atoms with van der Waals surface area (Å²) in [5, 5.41) is 0. The average Bonchev–Trinajstić information content (AvgIpc) is 2.39. The highest BCUT2D eigenvalue weighted by molar-refractivity contribution is 5.78. The second-order valence-electron chi connectivity index (χ2n) is 4.80. The summed E-state index contributed by atoms with van der Waals surface area (Å²) in [6, 6.07) is 0. The molecule has 1 saturated heterocycles. The van der Waals surface area contributed by atoms with Crippen LogP contribution in [0.2, 0.25) is 0 Å². The smallest absolute Gasteiger partial charge is 0.236 e. The molecular weight excluding hydrogens is 230 g/mol. The summed E-state index contributed by atoms with van der Waals surface area (Å²) in [6.45, 7) is 9.45. The van der Waals surface area contributed by atoms with Crippen molar-refractivity contribution in [3.05, 3.63) is 0 Å². The van der Waals surface area contributed by atoms with E-state index in [9.17, 15) is 9.59 Å². The van der Waals surface area contributed by atoms with Gasteiger partial charge in [0.25, 0.3) is 0 Å². The van der Waals surface area contributed by atoms with Crippen molar-refractivity contribution in [1.29, 1.82) is 0 Å². The maximum atomic E-state index is 12.1. The number of hydrogen-bond donors (Lipinski definition) is 0. The Balaban J connectivity index is 2.36. The summed E-state index contributed by atoms with van der Waals surface area (Å²) >= 11 is 0. The second kappa shape index (κ2) is 8.08. The molecule has 1 rings (SSSR count). The molecule has 0 aromatic carbocycles. The van der Waals surface area contributed by atoms with Gasteiger partial charge in [0.05, 0.1) is 6.54 Å². The SMILES string of the molecule is CCCN(CCC)C(=O)CN1CCN(C=O)CC1. The quantitative estimate of drug-likeness (QED) is 0.619. The molecule has 18 heavy (non-hydrogen) atoms. The first-order chi connectivity index (χ1) is 8.71. The lowest BCUT2D eigenvalue weighted by Gasteiger charge is -2.33. The maximum Gasteiger partial charge on any atom is 0.236 e. The molecule has 2 amide bonds. The molecule has 0 saturated carbocycles. The lowest BCUT2D eigenvalue weighted by molar-refractivity contribution is -0.133. The number of piperazine rings is 1. The lowest BCUT2D eigenvalue weighted by atomic mass is 10.3. The summed E-state index contributed by atoms with van der Waals surface area (Å²) in [4.78, 5) is 28.6. The van der Waals surface area contributed by atoms with Gasteiger partial charge in [-0.25, -0.2) is 0 Å². The second-order valence-corrected chi connectivity index (χ2v) is 4.80. The van der Waals surface area contributed by atoms with Gasteiger partial charge in [0, 0.05) is 39.3 Å². The zero-order chi connectivity index (χ0) is 13.4. The van der Waals surface area contributed by atoms with Gasteiger partial charge in [0.2, 0.25) is 12.3 Å². The van der Waals surface area contributed by atoms with Crippen LogP contribution < -0.4 is 0 Å². The van der Waals surface area contributed by atoms with Crippen molar-refractivity contribution in [2.45, 2.75) is 26.7 Å². The molecule has 1 aliphatic rings. The lowest BCUT2D eigenvalue weighted by Crippen LogP contribution is -2.49. The van der Waals surface area contributed by atoms with Crippen molar-refractivity contribution >= 4 is 12.3 Å². The van der Waals surface area contributed by atoms with Gasteiger partial charge >= 0.3 is 0 Å². The van der Waals surface area contributed by atoms with Crippen LogP contribution in [0.5, 0.6) is 0 Å². The fourth-order valence-corrected chi connectivity index (χ4v) is 2.22. The Labute approximate surface area is 110 Å². The molecular formula is C13H25N3O2. The molecule has 0 radical (unpaired) electrons. The Morgan fingerprint density at radius 2 is 1.67 bits per heavy atom. The van der Waals surface area contributed by atoms with Crippen LogP contribution in [0.3, 0.4) is 0 Å². The molecule has 104 valence electrons. The Bertz CT molecular complexity index is 257. The summed E-state index contributed by atoms with van der Waals surface area (Å²) in [6.07, 6.45) is 2.90. The van der Waals surface area contributed by atoms with Gasteiger partial charge in [-0.15, -0.1) is 0 Å². The Hall–Kier alpha value is -1.10. The van der Waals surface area contributed by atoms with Crippen molar-refractivity contribution in [3.63, 3.8) is 0 Å². The molecule has 5 heteroatoms. The van der Waals surface area contributed by atoms with E-state index in [2.05, 4.69) is 18.7 Å². The van der Waals surface area contributed by atoms with Crippen LogP contribution in [0.25, 0.3) is 0 Å². The molecule has 0 aromatic rings. The first-order valence-corrected chi connectivity index (χ1v) is 6.90. The minimum absolute atomic E-state index is 0.221. The molecule has 5 nitrogen and oxygen atoms in total. The van der Waals surface area contributed by atoms with Crippen molar-refractivity contribution < 1.29 is 9.59 Å². The Kier molecular flexibility index (Phi) is 6.72. The molecule has 0 bridgehead atoms. The molecule has 0 N–H and O–H groups in total. The molecule has 0 unspecified atom stereocenters. The van der Waals surface area contributed by atoms with Gasteiger partial charge in [-0.1, -0.05) is 13.8 Å². The van der Waals surface area contributed by atoms with E-state index >= 15 is 0 Å². The highest BCUT2D eigenvalue weighted by Crippen LogP contribution is 2.02. The van der Waals surface area contributed by atoms with Crippen molar-refractivity contribution in [1.82, 2.24) is 14.7 Å². The van der Waals surface area contributed by atoms with E-state index in [1.807, 2.05) is 4.90 Å². The van der Waals surface area contributed by atoms with E-state index in [1.54, 1.807) is 4.90 Å². The van der Waals surface area contributed by atoms with Crippen LogP contribution in [-0.4, -0.2) is 72.8 Å². The van der Waals surface area contributed by atoms with Gasteiger partial charge in [0.1, 0.15) is 0 Å². The standard InChI is InChI=1S/C13H25N3O2/c1-3-5-16(6-4-2)13(18)11-14-7-9-15(12-17)10-8-14/h12H,3-11H2,1-2H3. The van der Waals surface area contributed by atoms with Crippen molar-refractivity contribution in [2.24, 2.45) is 0 Å². The van der Waals surface area contributed by atoms with Gasteiger partial charge in [-0.3, -0.25) is 14.5 Å². The van der Waals surface area contributed by atoms with Gasteiger partial charge in [0.15, 0.2) is 0 Å². The number of carbonyl (C=O) groups excluding carboxylic acids is 2. The first-order valence-electron chi connectivity index (χ1n) is 6.90. The van der Waals surface area contributed by atoms with E-state index in [1.165, 1.54) is 0 Å². The fourth-order valence-electron chi connectivity index (χ4n) is 2.22. The molecule has 1 aliphatic heterocycles. The van der Waals surface area contributed by atoms with E-state index in [0.717, 1.165) is 58.5 Å². The Morgan fingerprint density at radius 1 is 1.11 bits per heavy atom. The normalized spacial score (nSPS) is 16.7. The maximum absolute atomic E-state index is 12.1. The van der Waals surface area contributed by atoms with Crippen LogP contribution in [0, 0.1) is 0 Å². The molecule has 0 atom stereocenters. The third kappa shape index (κ3) is 4.64. The van der Waals surface area contributed by atoms with Crippen LogP contribution >= 0.6 is 0 Å². The highest BCUT2D eigenvalue weighted by atomic mass is 16.2. The predicted molar refractivity (Wildman–Crippen MR) is 71.2 cm³/mol. The average molecular weight is 255 g/mol. The molecule has 1 heterocycles. The first kappa shape index (κ1) is 15.0. The molecule has 0 aliphatic carbocycles. The summed E-state index contributed by atoms with van der Waals surface area (Å²) in [7, 11) is 0. The van der Waals surface area contributed by atoms with Crippen LogP contribution in [-0.2, 0) is 9.59 Å². The van der Waals surface area contributed by atoms with E-state index in [0.29, 0.717) is 6.54 Å². The van der Waals surface area contributed by atoms with Crippen LogP contribution in [0.1, 0.15) is 26.7 Å². The van der Waals surface area contributed by atoms with Crippen molar-refractivity contribution in [3.8, 4) is 0 Å². The zero-order valence-electron chi connectivity index (χ0n) is 11.6. The molecule has 0 spiro atoms. The fraction of sp³-hybridized carbons (Fsp3) is 0.846. The number of hydrogen-bond acceptors (Lipinski definition) is 3. The Morgan fingerprint density at radius 3 is 2.11 bits per heavy atom. The van der Waals surface area contributed by atoms with Gasteiger partial charge in [-0.2, -0.15) is 0 Å². The summed E-state index contributed by atoms with van der Waals surface area (Å²) in [5.41, 5.74) is 0. The minimum atomic E-state index is 0.221. The minimum Gasteiger partial charge on any atom is -0.343 e. The largest absolute Gasteiger partial charge is 0.343 e. The summed E-state index contributed by atoms with van der Waals surface area (Å²) < 4.78 is 0. The van der Waals surface area contributed by atoms with Crippen LogP contribution in [0.15, 0.2) is 0 Å². The zero-order valence-corrected chi connectivity index (χ0v) is 11.6. The summed E-state index contributed by atoms with van der Waals surface area (Å²) in [5.74, 6) is 0.221. The van der Waals surface area contributed by atoms with E-state index < -0.39 is 0 Å². The molecule has 0 aromatic heterocycles. The van der Waals surface area contributed by atoms with Gasteiger partial charge < -0.3 is 9.80 Å². The molecule has 1 fully saturated rings. The number of nitrogens with zero attached hydrogens (tertiary/aromatic N) is 3. The van der Waals surface area contributed by atoms with Crippen molar-refractivity contribution in [2.75, 3.05) is 45.8 Å². The number of amides is 2. The predicted octanol–water partition coefficient (Wildman–Crippen LogP) is 0.409. The number of rotatable bonds is 7. The van der Waals surface area contributed by atoms with Crippen LogP contribution in [0.4, 0.5) is 0 Å². The van der Waals surface area contributed by atoms with Gasteiger partial charge in [-0.05, 0) is 12.8 Å². The van der Waals surface area contributed by atoms with E-state index in [4.69, 9.17) is 0 Å². The number of carbonyl (C=O) groups is 2. The van der Waals surface area contributed by atoms with E-state index in [-0.39, 0.29) is 5.91 Å². The highest BCUT2D eigenvalue weighted by Gasteiger charge is 2.20. The topological polar surface area (TPSA) is 43.9 Å². The third-order valence-electron chi connectivity index (χ3n) is 3.25. The monoisotopic (exact) mass is 255 g/mol.